The average Bonchev–Trinajstić information content (AvgIpc) is 3.12. The summed E-state index contributed by atoms with van der Waals surface area (Å²) in [5.74, 6) is 0.110. The number of morpholine rings is 1. The molecule has 1 aromatic carbocycles. The molecule has 2 heterocycles. The van der Waals surface area contributed by atoms with Crippen LogP contribution in [0.1, 0.15) is 30.3 Å². The third kappa shape index (κ3) is 4.20. The van der Waals surface area contributed by atoms with Crippen LogP contribution in [0.15, 0.2) is 30.5 Å². The molecule has 1 amide bonds. The Balaban J connectivity index is 1.80. The quantitative estimate of drug-likeness (QED) is 0.815. The molecule has 2 aromatic rings. The van der Waals surface area contributed by atoms with E-state index in [2.05, 4.69) is 11.9 Å². The first-order chi connectivity index (χ1) is 12.2. The van der Waals surface area contributed by atoms with E-state index < -0.39 is 0 Å². The van der Waals surface area contributed by atoms with Gasteiger partial charge in [-0.1, -0.05) is 13.3 Å². The van der Waals surface area contributed by atoms with E-state index in [1.165, 1.54) is 12.1 Å². The maximum absolute atomic E-state index is 13.6. The Kier molecular flexibility index (Phi) is 5.71. The van der Waals surface area contributed by atoms with Gasteiger partial charge >= 0.3 is 0 Å². The number of unbranched alkanes of at least 4 members (excludes halogenated alkanes) is 1. The van der Waals surface area contributed by atoms with Gasteiger partial charge in [0.15, 0.2) is 0 Å². The number of carbonyl (C=O) groups is 1. The summed E-state index contributed by atoms with van der Waals surface area (Å²) in [4.78, 5) is 17.3. The first kappa shape index (κ1) is 17.5. The summed E-state index contributed by atoms with van der Waals surface area (Å²) in [5.41, 5.74) is 2.10. The average molecular weight is 346 g/mol. The van der Waals surface area contributed by atoms with Gasteiger partial charge in [-0.15, -0.1) is 0 Å². The second kappa shape index (κ2) is 8.16. The molecule has 0 aliphatic carbocycles. The van der Waals surface area contributed by atoms with Crippen LogP contribution in [-0.2, 0) is 4.74 Å². The molecule has 0 radical (unpaired) electrons. The molecule has 0 spiro atoms. The highest BCUT2D eigenvalue weighted by atomic mass is 19.1. The van der Waals surface area contributed by atoms with Gasteiger partial charge in [-0.25, -0.2) is 4.39 Å². The number of benzene rings is 1. The molecule has 3 rings (SSSR count). The monoisotopic (exact) mass is 346 g/mol. The van der Waals surface area contributed by atoms with E-state index >= 15 is 0 Å². The van der Waals surface area contributed by atoms with Crippen LogP contribution < -0.4 is 4.74 Å². The Labute approximate surface area is 146 Å². The Hall–Kier alpha value is -2.34. The maximum atomic E-state index is 13.6. The number of aromatic amines is 1. The van der Waals surface area contributed by atoms with Crippen LogP contribution >= 0.6 is 0 Å². The lowest BCUT2D eigenvalue weighted by molar-refractivity contribution is 0.0299. The van der Waals surface area contributed by atoms with Gasteiger partial charge in [0.25, 0.3) is 5.91 Å². The number of H-pyrrole nitrogens is 1. The SMILES string of the molecule is CCCCOc1cc(F)ccc1-c1c[nH]c(C(=O)N2CCOCC2)c1. The standard InChI is InChI=1S/C19H23FN2O3/c1-2-3-8-25-18-12-15(20)4-5-16(18)14-11-17(21-13-14)19(23)22-6-9-24-10-7-22/h4-5,11-13,21H,2-3,6-10H2,1H3. The van der Waals surface area contributed by atoms with Crippen molar-refractivity contribution in [2.75, 3.05) is 32.9 Å². The van der Waals surface area contributed by atoms with Crippen molar-refractivity contribution in [3.05, 3.63) is 42.0 Å². The summed E-state index contributed by atoms with van der Waals surface area (Å²) in [7, 11) is 0. The van der Waals surface area contributed by atoms with Crippen molar-refractivity contribution in [2.24, 2.45) is 0 Å². The van der Waals surface area contributed by atoms with Crippen LogP contribution in [0.2, 0.25) is 0 Å². The molecule has 0 bridgehead atoms. The first-order valence-corrected chi connectivity index (χ1v) is 8.67. The fourth-order valence-corrected chi connectivity index (χ4v) is 2.79. The molecule has 1 aliphatic rings. The van der Waals surface area contributed by atoms with Crippen LogP contribution in [0.25, 0.3) is 11.1 Å². The number of ether oxygens (including phenoxy) is 2. The van der Waals surface area contributed by atoms with Crippen molar-refractivity contribution < 1.29 is 18.7 Å². The van der Waals surface area contributed by atoms with Gasteiger partial charge in [0, 0.05) is 36.5 Å². The number of amides is 1. The lowest BCUT2D eigenvalue weighted by atomic mass is 10.1. The van der Waals surface area contributed by atoms with E-state index in [0.717, 1.165) is 24.0 Å². The minimum Gasteiger partial charge on any atom is -0.493 e. The van der Waals surface area contributed by atoms with Crippen molar-refractivity contribution in [2.45, 2.75) is 19.8 Å². The smallest absolute Gasteiger partial charge is 0.270 e. The second-order valence-corrected chi connectivity index (χ2v) is 6.05. The molecule has 25 heavy (non-hydrogen) atoms. The van der Waals surface area contributed by atoms with Gasteiger partial charge in [0.1, 0.15) is 17.3 Å². The van der Waals surface area contributed by atoms with Crippen molar-refractivity contribution in [1.82, 2.24) is 9.88 Å². The van der Waals surface area contributed by atoms with Gasteiger partial charge in [0.2, 0.25) is 0 Å². The zero-order valence-electron chi connectivity index (χ0n) is 14.4. The fourth-order valence-electron chi connectivity index (χ4n) is 2.79. The van der Waals surface area contributed by atoms with E-state index in [1.807, 2.05) is 0 Å². The van der Waals surface area contributed by atoms with Gasteiger partial charge in [0.05, 0.1) is 19.8 Å². The molecule has 0 atom stereocenters. The molecule has 6 heteroatoms. The summed E-state index contributed by atoms with van der Waals surface area (Å²) in [6, 6.07) is 6.26. The molecule has 1 N–H and O–H groups in total. The molecule has 5 nitrogen and oxygen atoms in total. The fraction of sp³-hybridized carbons (Fsp3) is 0.421. The molecule has 0 saturated carbocycles. The Morgan fingerprint density at radius 2 is 2.12 bits per heavy atom. The largest absolute Gasteiger partial charge is 0.493 e. The molecule has 0 unspecified atom stereocenters. The van der Waals surface area contributed by atoms with Crippen LogP contribution in [-0.4, -0.2) is 48.7 Å². The van der Waals surface area contributed by atoms with Gasteiger partial charge < -0.3 is 19.4 Å². The topological polar surface area (TPSA) is 54.6 Å². The number of halogens is 1. The van der Waals surface area contributed by atoms with E-state index in [-0.39, 0.29) is 11.7 Å². The third-order valence-electron chi connectivity index (χ3n) is 4.22. The lowest BCUT2D eigenvalue weighted by Crippen LogP contribution is -2.40. The number of hydrogen-bond acceptors (Lipinski definition) is 3. The highest BCUT2D eigenvalue weighted by Gasteiger charge is 2.20. The minimum atomic E-state index is -0.338. The van der Waals surface area contributed by atoms with Crippen LogP contribution in [0.3, 0.4) is 0 Å². The van der Waals surface area contributed by atoms with Crippen LogP contribution in [0, 0.1) is 5.82 Å². The summed E-state index contributed by atoms with van der Waals surface area (Å²) in [6.07, 6.45) is 3.67. The predicted molar refractivity (Wildman–Crippen MR) is 93.3 cm³/mol. The predicted octanol–water partition coefficient (Wildman–Crippen LogP) is 3.47. The number of nitrogens with zero attached hydrogens (tertiary/aromatic N) is 1. The molecule has 1 aromatic heterocycles. The maximum Gasteiger partial charge on any atom is 0.270 e. The molecule has 1 saturated heterocycles. The summed E-state index contributed by atoms with van der Waals surface area (Å²) in [5, 5.41) is 0. The number of carbonyl (C=O) groups excluding carboxylic acids is 1. The summed E-state index contributed by atoms with van der Waals surface area (Å²) < 4.78 is 24.6. The van der Waals surface area contributed by atoms with E-state index in [0.29, 0.717) is 44.4 Å². The van der Waals surface area contributed by atoms with Crippen molar-refractivity contribution >= 4 is 5.91 Å². The number of rotatable bonds is 6. The van der Waals surface area contributed by atoms with Crippen molar-refractivity contribution in [3.63, 3.8) is 0 Å². The first-order valence-electron chi connectivity index (χ1n) is 8.67. The Morgan fingerprint density at radius 3 is 2.88 bits per heavy atom. The van der Waals surface area contributed by atoms with E-state index in [9.17, 15) is 9.18 Å². The summed E-state index contributed by atoms with van der Waals surface area (Å²) >= 11 is 0. The second-order valence-electron chi connectivity index (χ2n) is 6.05. The molecule has 1 fully saturated rings. The van der Waals surface area contributed by atoms with Crippen molar-refractivity contribution in [3.8, 4) is 16.9 Å². The molecule has 1 aliphatic heterocycles. The molecular formula is C19H23FN2O3. The van der Waals surface area contributed by atoms with E-state index in [1.54, 1.807) is 23.2 Å². The zero-order chi connectivity index (χ0) is 17.6. The van der Waals surface area contributed by atoms with Crippen molar-refractivity contribution in [1.29, 1.82) is 0 Å². The third-order valence-corrected chi connectivity index (χ3v) is 4.22. The number of hydrogen-bond donors (Lipinski definition) is 1. The summed E-state index contributed by atoms with van der Waals surface area (Å²) in [6.45, 7) is 4.92. The highest BCUT2D eigenvalue weighted by molar-refractivity contribution is 5.94. The van der Waals surface area contributed by atoms with Crippen LogP contribution in [0.4, 0.5) is 4.39 Å². The van der Waals surface area contributed by atoms with Gasteiger partial charge in [-0.3, -0.25) is 4.79 Å². The van der Waals surface area contributed by atoms with Crippen LogP contribution in [0.5, 0.6) is 5.75 Å². The normalized spacial score (nSPS) is 14.6. The minimum absolute atomic E-state index is 0.0508. The number of aromatic nitrogens is 1. The molecule has 134 valence electrons. The van der Waals surface area contributed by atoms with E-state index in [4.69, 9.17) is 9.47 Å². The zero-order valence-corrected chi connectivity index (χ0v) is 14.4. The number of nitrogens with one attached hydrogen (secondary N) is 1. The van der Waals surface area contributed by atoms with Gasteiger partial charge in [-0.2, -0.15) is 0 Å². The Bertz CT molecular complexity index is 723. The molecular weight excluding hydrogens is 323 g/mol. The Morgan fingerprint density at radius 1 is 1.32 bits per heavy atom. The lowest BCUT2D eigenvalue weighted by Gasteiger charge is -2.26. The highest BCUT2D eigenvalue weighted by Crippen LogP contribution is 2.31. The van der Waals surface area contributed by atoms with Gasteiger partial charge in [-0.05, 0) is 24.6 Å².